The first kappa shape index (κ1) is 20.8. The molecule has 154 valence electrons. The fraction of sp³-hybridized carbons (Fsp3) is 0.600. The molecule has 0 unspecified atom stereocenters. The Labute approximate surface area is 168 Å². The zero-order chi connectivity index (χ0) is 19.9. The minimum absolute atomic E-state index is 0.0978. The van der Waals surface area contributed by atoms with Crippen molar-refractivity contribution < 1.29 is 18.5 Å². The van der Waals surface area contributed by atoms with E-state index in [0.29, 0.717) is 30.6 Å². The zero-order valence-corrected chi connectivity index (χ0v) is 17.2. The predicted molar refractivity (Wildman–Crippen MR) is 110 cm³/mol. The van der Waals surface area contributed by atoms with Crippen LogP contribution in [-0.4, -0.2) is 76.7 Å². The number of rotatable bonds is 7. The molecule has 1 saturated carbocycles. The summed E-state index contributed by atoms with van der Waals surface area (Å²) in [5.74, 6) is -0.0663. The Morgan fingerprint density at radius 2 is 1.71 bits per heavy atom. The number of carbonyl (C=O) groups is 2. The number of carbonyl (C=O) groups excluding carboxylic acids is 2. The van der Waals surface area contributed by atoms with Crippen molar-refractivity contribution in [3.05, 3.63) is 24.3 Å². The van der Waals surface area contributed by atoms with Gasteiger partial charge in [0, 0.05) is 48.7 Å². The Morgan fingerprint density at radius 3 is 2.32 bits per heavy atom. The lowest BCUT2D eigenvalue weighted by molar-refractivity contribution is -0.130. The third kappa shape index (κ3) is 5.78. The van der Waals surface area contributed by atoms with Gasteiger partial charge in [0.05, 0.1) is 7.11 Å². The van der Waals surface area contributed by atoms with Crippen LogP contribution in [0.3, 0.4) is 0 Å². The summed E-state index contributed by atoms with van der Waals surface area (Å²) in [6.45, 7) is 3.15. The van der Waals surface area contributed by atoms with E-state index >= 15 is 0 Å². The van der Waals surface area contributed by atoms with E-state index in [2.05, 4.69) is 10.2 Å². The van der Waals surface area contributed by atoms with E-state index in [9.17, 15) is 13.8 Å². The maximum absolute atomic E-state index is 12.4. The number of hydrogen-bond acceptors (Lipinski definition) is 5. The molecule has 2 aliphatic rings. The van der Waals surface area contributed by atoms with E-state index in [0.717, 1.165) is 13.1 Å². The fourth-order valence-electron chi connectivity index (χ4n) is 3.90. The van der Waals surface area contributed by atoms with Gasteiger partial charge in [-0.1, -0.05) is 12.8 Å². The summed E-state index contributed by atoms with van der Waals surface area (Å²) in [4.78, 5) is 28.7. The topological polar surface area (TPSA) is 78.9 Å². The molecule has 7 nitrogen and oxygen atoms in total. The molecule has 0 spiro atoms. The lowest BCUT2D eigenvalue weighted by Crippen LogP contribution is -2.52. The van der Waals surface area contributed by atoms with Crippen molar-refractivity contribution in [2.24, 2.45) is 0 Å². The Balaban J connectivity index is 1.39. The molecule has 1 aromatic carbocycles. The van der Waals surface area contributed by atoms with Crippen LogP contribution in [0.5, 0.6) is 5.75 Å². The number of anilines is 1. The van der Waals surface area contributed by atoms with Crippen LogP contribution in [0.25, 0.3) is 0 Å². The summed E-state index contributed by atoms with van der Waals surface area (Å²) in [6.07, 6.45) is 5.14. The van der Waals surface area contributed by atoms with Gasteiger partial charge in [-0.15, -0.1) is 0 Å². The van der Waals surface area contributed by atoms with E-state index < -0.39 is 10.8 Å². The predicted octanol–water partition coefficient (Wildman–Crippen LogP) is 1.47. The highest BCUT2D eigenvalue weighted by atomic mass is 32.2. The first-order chi connectivity index (χ1) is 13.5. The first-order valence-electron chi connectivity index (χ1n) is 9.86. The van der Waals surface area contributed by atoms with Crippen molar-refractivity contribution in [2.75, 3.05) is 50.1 Å². The molecule has 1 aliphatic carbocycles. The van der Waals surface area contributed by atoms with Gasteiger partial charge < -0.3 is 15.0 Å². The molecule has 1 heterocycles. The Morgan fingerprint density at radius 1 is 1.07 bits per heavy atom. The van der Waals surface area contributed by atoms with E-state index in [1.807, 2.05) is 0 Å². The molecule has 1 aromatic rings. The molecule has 1 N–H and O–H groups in total. The Bertz CT molecular complexity index is 696. The molecule has 1 aliphatic heterocycles. The van der Waals surface area contributed by atoms with Gasteiger partial charge in [0.2, 0.25) is 11.8 Å². The second-order valence-corrected chi connectivity index (χ2v) is 8.82. The van der Waals surface area contributed by atoms with Crippen molar-refractivity contribution in [2.45, 2.75) is 31.7 Å². The highest BCUT2D eigenvalue weighted by molar-refractivity contribution is 7.86. The van der Waals surface area contributed by atoms with Gasteiger partial charge in [0.1, 0.15) is 17.3 Å². The molecule has 1 saturated heterocycles. The van der Waals surface area contributed by atoms with Gasteiger partial charge in [0.25, 0.3) is 0 Å². The molecular weight excluding hydrogens is 378 g/mol. The standard InChI is InChI=1S/C20H29N3O4S/c1-27-18-8-6-16(7-9-18)21-19(24)14-28(26)15-20(25)23-12-10-22(11-13-23)17-4-2-3-5-17/h6-9,17H,2-5,10-15H2,1H3,(H,21,24)/t28-/m0/s1. The minimum Gasteiger partial charge on any atom is -0.497 e. The van der Waals surface area contributed by atoms with Crippen LogP contribution >= 0.6 is 0 Å². The summed E-state index contributed by atoms with van der Waals surface area (Å²) in [5, 5.41) is 2.69. The van der Waals surface area contributed by atoms with Crippen LogP contribution in [0.4, 0.5) is 5.69 Å². The molecule has 1 atom stereocenters. The molecule has 8 heteroatoms. The highest BCUT2D eigenvalue weighted by Gasteiger charge is 2.28. The van der Waals surface area contributed by atoms with E-state index in [1.165, 1.54) is 25.7 Å². The maximum Gasteiger partial charge on any atom is 0.237 e. The molecule has 28 heavy (non-hydrogen) atoms. The number of nitrogens with one attached hydrogen (secondary N) is 1. The molecular formula is C20H29N3O4S. The molecule has 2 amide bonds. The summed E-state index contributed by atoms with van der Waals surface area (Å²) in [6, 6.07) is 7.58. The summed E-state index contributed by atoms with van der Waals surface area (Å²) in [5.41, 5.74) is 0.608. The van der Waals surface area contributed by atoms with Crippen molar-refractivity contribution in [3.8, 4) is 5.75 Å². The van der Waals surface area contributed by atoms with E-state index in [1.54, 1.807) is 36.3 Å². The summed E-state index contributed by atoms with van der Waals surface area (Å²) in [7, 11) is 0.0579. The van der Waals surface area contributed by atoms with Crippen LogP contribution in [0.15, 0.2) is 24.3 Å². The Hall–Kier alpha value is -1.93. The van der Waals surface area contributed by atoms with Crippen LogP contribution in [0.1, 0.15) is 25.7 Å². The Kier molecular flexibility index (Phi) is 7.44. The quantitative estimate of drug-likeness (QED) is 0.741. The van der Waals surface area contributed by atoms with Gasteiger partial charge in [-0.3, -0.25) is 18.7 Å². The number of amides is 2. The number of nitrogens with zero attached hydrogens (tertiary/aromatic N) is 2. The van der Waals surface area contributed by atoms with Crippen molar-refractivity contribution in [1.29, 1.82) is 0 Å². The van der Waals surface area contributed by atoms with Crippen molar-refractivity contribution in [1.82, 2.24) is 9.80 Å². The molecule has 3 rings (SSSR count). The third-order valence-electron chi connectivity index (χ3n) is 5.46. The van der Waals surface area contributed by atoms with Crippen LogP contribution < -0.4 is 10.1 Å². The van der Waals surface area contributed by atoms with E-state index in [4.69, 9.17) is 4.74 Å². The van der Waals surface area contributed by atoms with Crippen LogP contribution in [0.2, 0.25) is 0 Å². The second kappa shape index (κ2) is 10.0. The smallest absolute Gasteiger partial charge is 0.237 e. The number of benzene rings is 1. The lowest BCUT2D eigenvalue weighted by Gasteiger charge is -2.38. The normalized spacial score (nSPS) is 19.4. The third-order valence-corrected chi connectivity index (χ3v) is 6.61. The van der Waals surface area contributed by atoms with Crippen molar-refractivity contribution in [3.63, 3.8) is 0 Å². The minimum atomic E-state index is -1.51. The van der Waals surface area contributed by atoms with Gasteiger partial charge in [-0.2, -0.15) is 0 Å². The van der Waals surface area contributed by atoms with Gasteiger partial charge in [0.15, 0.2) is 0 Å². The highest BCUT2D eigenvalue weighted by Crippen LogP contribution is 2.24. The number of methoxy groups -OCH3 is 1. The first-order valence-corrected chi connectivity index (χ1v) is 11.3. The van der Waals surface area contributed by atoms with Gasteiger partial charge >= 0.3 is 0 Å². The molecule has 2 fully saturated rings. The number of hydrogen-bond donors (Lipinski definition) is 1. The molecule has 0 bridgehead atoms. The van der Waals surface area contributed by atoms with Crippen molar-refractivity contribution >= 4 is 28.3 Å². The summed E-state index contributed by atoms with van der Waals surface area (Å²) < 4.78 is 17.3. The second-order valence-electron chi connectivity index (χ2n) is 7.36. The average molecular weight is 408 g/mol. The zero-order valence-electron chi connectivity index (χ0n) is 16.4. The number of ether oxygens (including phenoxy) is 1. The maximum atomic E-state index is 12.4. The molecule has 0 aromatic heterocycles. The van der Waals surface area contributed by atoms with E-state index in [-0.39, 0.29) is 23.3 Å². The largest absolute Gasteiger partial charge is 0.497 e. The molecule has 0 radical (unpaired) electrons. The monoisotopic (exact) mass is 407 g/mol. The van der Waals surface area contributed by atoms with Crippen LogP contribution in [0, 0.1) is 0 Å². The van der Waals surface area contributed by atoms with Crippen LogP contribution in [-0.2, 0) is 20.4 Å². The average Bonchev–Trinajstić information content (AvgIpc) is 3.23. The number of piperazine rings is 1. The van der Waals surface area contributed by atoms with Gasteiger partial charge in [-0.05, 0) is 37.1 Å². The SMILES string of the molecule is COc1ccc(NC(=O)C[S@](=O)CC(=O)N2CCN(C3CCCC3)CC2)cc1. The van der Waals surface area contributed by atoms with Gasteiger partial charge in [-0.25, -0.2) is 0 Å². The lowest BCUT2D eigenvalue weighted by atomic mass is 10.2. The fourth-order valence-corrected chi connectivity index (χ4v) is 4.83. The summed E-state index contributed by atoms with van der Waals surface area (Å²) >= 11 is 0.